The van der Waals surface area contributed by atoms with Crippen LogP contribution in [0.1, 0.15) is 48.8 Å². The van der Waals surface area contributed by atoms with Crippen LogP contribution in [0.2, 0.25) is 0 Å². The Labute approximate surface area is 168 Å². The van der Waals surface area contributed by atoms with Crippen molar-refractivity contribution < 1.29 is 9.32 Å². The lowest BCUT2D eigenvalue weighted by molar-refractivity contribution is -0.116. The molecule has 0 bridgehead atoms. The molecule has 1 saturated heterocycles. The normalized spacial score (nSPS) is 20.3. The van der Waals surface area contributed by atoms with Gasteiger partial charge in [0, 0.05) is 24.2 Å². The van der Waals surface area contributed by atoms with E-state index in [1.54, 1.807) is 0 Å². The van der Waals surface area contributed by atoms with Crippen molar-refractivity contribution in [3.63, 3.8) is 0 Å². The number of aromatic nitrogens is 1. The fourth-order valence-corrected chi connectivity index (χ4v) is 4.26. The standard InChI is InChI=1S/C23H33N3O2/c1-16-15-26(4)14-13-20(16)8-5-19-6-9-21(10-7-19)24-23(27)12-11-22-17(2)25-28-18(22)3/h6-7,9-10,16,20H,5,8,11-15H2,1-4H3,(H,24,27)/t16-,20+/m1/s1. The zero-order valence-corrected chi connectivity index (χ0v) is 17.6. The summed E-state index contributed by atoms with van der Waals surface area (Å²) >= 11 is 0. The SMILES string of the molecule is Cc1noc(C)c1CCC(=O)Nc1ccc(CC[C@H]2CCN(C)C[C@H]2C)cc1. The molecule has 2 heterocycles. The van der Waals surface area contributed by atoms with Crippen molar-refractivity contribution in [2.75, 3.05) is 25.5 Å². The van der Waals surface area contributed by atoms with Crippen LogP contribution in [0, 0.1) is 25.7 Å². The predicted molar refractivity (Wildman–Crippen MR) is 112 cm³/mol. The maximum absolute atomic E-state index is 12.2. The largest absolute Gasteiger partial charge is 0.361 e. The number of hydrogen-bond donors (Lipinski definition) is 1. The lowest BCUT2D eigenvalue weighted by Crippen LogP contribution is -2.36. The number of aryl methyl sites for hydroxylation is 3. The second-order valence-corrected chi connectivity index (χ2v) is 8.37. The Morgan fingerprint density at radius 3 is 2.64 bits per heavy atom. The van der Waals surface area contributed by atoms with Crippen LogP contribution in [0.15, 0.2) is 28.8 Å². The molecule has 1 aliphatic heterocycles. The van der Waals surface area contributed by atoms with Gasteiger partial charge in [0.15, 0.2) is 0 Å². The molecule has 1 aromatic carbocycles. The molecule has 2 atom stereocenters. The van der Waals surface area contributed by atoms with Gasteiger partial charge in [0.25, 0.3) is 0 Å². The van der Waals surface area contributed by atoms with E-state index in [4.69, 9.17) is 4.52 Å². The van der Waals surface area contributed by atoms with Gasteiger partial charge in [-0.05, 0) is 82.7 Å². The summed E-state index contributed by atoms with van der Waals surface area (Å²) in [5, 5.41) is 6.93. The maximum Gasteiger partial charge on any atom is 0.224 e. The average molecular weight is 384 g/mol. The number of likely N-dealkylation sites (tertiary alicyclic amines) is 1. The molecule has 0 unspecified atom stereocenters. The molecule has 28 heavy (non-hydrogen) atoms. The van der Waals surface area contributed by atoms with Gasteiger partial charge in [0.2, 0.25) is 5.91 Å². The molecular formula is C23H33N3O2. The lowest BCUT2D eigenvalue weighted by atomic mass is 9.83. The van der Waals surface area contributed by atoms with Crippen molar-refractivity contribution in [1.82, 2.24) is 10.1 Å². The number of benzene rings is 1. The zero-order valence-electron chi connectivity index (χ0n) is 17.6. The molecule has 1 aromatic heterocycles. The Hall–Kier alpha value is -2.14. The van der Waals surface area contributed by atoms with E-state index >= 15 is 0 Å². The summed E-state index contributed by atoms with van der Waals surface area (Å²) in [6, 6.07) is 8.31. The maximum atomic E-state index is 12.2. The molecule has 0 saturated carbocycles. The molecule has 5 nitrogen and oxygen atoms in total. The lowest BCUT2D eigenvalue weighted by Gasteiger charge is -2.34. The summed E-state index contributed by atoms with van der Waals surface area (Å²) in [4.78, 5) is 14.7. The molecule has 2 aromatic rings. The van der Waals surface area contributed by atoms with Crippen LogP contribution in [0.25, 0.3) is 0 Å². The first kappa shape index (κ1) is 20.6. The number of carbonyl (C=O) groups is 1. The van der Waals surface area contributed by atoms with Gasteiger partial charge >= 0.3 is 0 Å². The van der Waals surface area contributed by atoms with E-state index in [-0.39, 0.29) is 5.91 Å². The van der Waals surface area contributed by atoms with E-state index in [9.17, 15) is 4.79 Å². The predicted octanol–water partition coefficient (Wildman–Crippen LogP) is 4.38. The van der Waals surface area contributed by atoms with E-state index in [1.165, 1.54) is 31.5 Å². The summed E-state index contributed by atoms with van der Waals surface area (Å²) in [6.07, 6.45) is 4.74. The van der Waals surface area contributed by atoms with E-state index in [1.807, 2.05) is 26.0 Å². The highest BCUT2D eigenvalue weighted by Gasteiger charge is 2.23. The Bertz CT molecular complexity index is 762. The third kappa shape index (κ3) is 5.44. The Morgan fingerprint density at radius 2 is 2.00 bits per heavy atom. The van der Waals surface area contributed by atoms with Crippen LogP contribution in [-0.4, -0.2) is 36.1 Å². The van der Waals surface area contributed by atoms with Gasteiger partial charge in [-0.25, -0.2) is 0 Å². The molecular weight excluding hydrogens is 350 g/mol. The number of nitrogens with zero attached hydrogens (tertiary/aromatic N) is 2. The van der Waals surface area contributed by atoms with E-state index in [0.29, 0.717) is 12.8 Å². The van der Waals surface area contributed by atoms with Gasteiger partial charge in [0.05, 0.1) is 5.69 Å². The molecule has 1 N–H and O–H groups in total. The molecule has 152 valence electrons. The molecule has 5 heteroatoms. The smallest absolute Gasteiger partial charge is 0.224 e. The van der Waals surface area contributed by atoms with Crippen molar-refractivity contribution in [1.29, 1.82) is 0 Å². The number of carbonyl (C=O) groups excluding carboxylic acids is 1. The monoisotopic (exact) mass is 383 g/mol. The third-order valence-electron chi connectivity index (χ3n) is 6.11. The van der Waals surface area contributed by atoms with Gasteiger partial charge in [-0.1, -0.05) is 24.2 Å². The van der Waals surface area contributed by atoms with Crippen LogP contribution >= 0.6 is 0 Å². The number of nitrogens with one attached hydrogen (secondary N) is 1. The fraction of sp³-hybridized carbons (Fsp3) is 0.565. The van der Waals surface area contributed by atoms with Gasteiger partial charge < -0.3 is 14.7 Å². The number of amides is 1. The second kappa shape index (κ2) is 9.37. The average Bonchev–Trinajstić information content (AvgIpc) is 2.98. The van der Waals surface area contributed by atoms with Crippen LogP contribution in [0.3, 0.4) is 0 Å². The molecule has 1 aliphatic rings. The van der Waals surface area contributed by atoms with E-state index in [0.717, 1.165) is 41.0 Å². The number of rotatable bonds is 7. The van der Waals surface area contributed by atoms with Gasteiger partial charge in [0.1, 0.15) is 5.76 Å². The molecule has 0 aliphatic carbocycles. The van der Waals surface area contributed by atoms with Gasteiger partial charge in [-0.2, -0.15) is 0 Å². The van der Waals surface area contributed by atoms with Crippen molar-refractivity contribution in [2.24, 2.45) is 11.8 Å². The summed E-state index contributed by atoms with van der Waals surface area (Å²) in [5.74, 6) is 2.41. The fourth-order valence-electron chi connectivity index (χ4n) is 4.26. The molecule has 1 fully saturated rings. The summed E-state index contributed by atoms with van der Waals surface area (Å²) in [7, 11) is 2.22. The minimum atomic E-state index is 0.0212. The van der Waals surface area contributed by atoms with Crippen LogP contribution in [-0.2, 0) is 17.6 Å². The first-order valence-corrected chi connectivity index (χ1v) is 10.4. The molecule has 1 amide bonds. The number of piperidine rings is 1. The Kier molecular flexibility index (Phi) is 6.89. The summed E-state index contributed by atoms with van der Waals surface area (Å²) in [6.45, 7) is 8.60. The highest BCUT2D eigenvalue weighted by atomic mass is 16.5. The molecule has 0 radical (unpaired) electrons. The van der Waals surface area contributed by atoms with Crippen molar-refractivity contribution in [3.8, 4) is 0 Å². The minimum absolute atomic E-state index is 0.0212. The Morgan fingerprint density at radius 1 is 1.25 bits per heavy atom. The van der Waals surface area contributed by atoms with Crippen LogP contribution < -0.4 is 5.32 Å². The van der Waals surface area contributed by atoms with Crippen LogP contribution in [0.4, 0.5) is 5.69 Å². The summed E-state index contributed by atoms with van der Waals surface area (Å²) < 4.78 is 5.15. The third-order valence-corrected chi connectivity index (χ3v) is 6.11. The highest BCUT2D eigenvalue weighted by Crippen LogP contribution is 2.27. The van der Waals surface area contributed by atoms with Crippen molar-refractivity contribution >= 4 is 11.6 Å². The first-order chi connectivity index (χ1) is 13.4. The quantitative estimate of drug-likeness (QED) is 0.771. The van der Waals surface area contributed by atoms with E-state index in [2.05, 4.69) is 41.5 Å². The van der Waals surface area contributed by atoms with E-state index < -0.39 is 0 Å². The number of anilines is 1. The molecule has 3 rings (SSSR count). The van der Waals surface area contributed by atoms with Crippen LogP contribution in [0.5, 0.6) is 0 Å². The van der Waals surface area contributed by atoms with Crippen molar-refractivity contribution in [3.05, 3.63) is 46.8 Å². The minimum Gasteiger partial charge on any atom is -0.361 e. The number of hydrogen-bond acceptors (Lipinski definition) is 4. The first-order valence-electron chi connectivity index (χ1n) is 10.4. The molecule has 0 spiro atoms. The highest BCUT2D eigenvalue weighted by molar-refractivity contribution is 5.90. The van der Waals surface area contributed by atoms with Crippen molar-refractivity contribution in [2.45, 2.75) is 52.9 Å². The topological polar surface area (TPSA) is 58.4 Å². The zero-order chi connectivity index (χ0) is 20.1. The summed E-state index contributed by atoms with van der Waals surface area (Å²) in [5.41, 5.74) is 4.11. The Balaban J connectivity index is 1.44. The van der Waals surface area contributed by atoms with Gasteiger partial charge in [-0.15, -0.1) is 0 Å². The van der Waals surface area contributed by atoms with Gasteiger partial charge in [-0.3, -0.25) is 4.79 Å². The second-order valence-electron chi connectivity index (χ2n) is 8.37.